The van der Waals surface area contributed by atoms with Crippen molar-refractivity contribution in [2.75, 3.05) is 11.4 Å². The average Bonchev–Trinajstić information content (AvgIpc) is 3.58. The summed E-state index contributed by atoms with van der Waals surface area (Å²) in [5.74, 6) is 1.26. The largest absolute Gasteiger partial charge is 0.346 e. The molecule has 1 aromatic carbocycles. The molecule has 1 atom stereocenters. The normalized spacial score (nSPS) is 16.1. The van der Waals surface area contributed by atoms with E-state index < -0.39 is 0 Å². The molecule has 32 heavy (non-hydrogen) atoms. The topological polar surface area (TPSA) is 121 Å². The predicted molar refractivity (Wildman–Crippen MR) is 117 cm³/mol. The number of aromatic amines is 1. The molecule has 0 saturated carbocycles. The van der Waals surface area contributed by atoms with E-state index in [1.165, 1.54) is 6.33 Å². The number of para-hydroxylation sites is 1. The van der Waals surface area contributed by atoms with Gasteiger partial charge in [0.1, 0.15) is 35.4 Å². The highest BCUT2D eigenvalue weighted by atomic mass is 16.1. The molecule has 1 saturated heterocycles. The zero-order valence-electron chi connectivity index (χ0n) is 16.9. The quantitative estimate of drug-likeness (QED) is 0.473. The number of fused-ring (bicyclic) bond motifs is 2. The van der Waals surface area contributed by atoms with Gasteiger partial charge in [0.15, 0.2) is 5.65 Å². The second kappa shape index (κ2) is 7.02. The van der Waals surface area contributed by atoms with Gasteiger partial charge in [-0.05, 0) is 37.1 Å². The van der Waals surface area contributed by atoms with Crippen LogP contribution in [0.2, 0.25) is 0 Å². The van der Waals surface area contributed by atoms with Crippen molar-refractivity contribution in [3.8, 4) is 11.8 Å². The van der Waals surface area contributed by atoms with E-state index in [1.807, 2.05) is 42.5 Å². The maximum Gasteiger partial charge on any atom is 0.339 e. The van der Waals surface area contributed by atoms with Crippen LogP contribution in [0.25, 0.3) is 22.4 Å². The van der Waals surface area contributed by atoms with Crippen LogP contribution >= 0.6 is 0 Å². The van der Waals surface area contributed by atoms with E-state index >= 15 is 0 Å². The molecule has 1 fully saturated rings. The van der Waals surface area contributed by atoms with Crippen molar-refractivity contribution in [3.05, 3.63) is 77.0 Å². The van der Waals surface area contributed by atoms with Crippen LogP contribution in [0.5, 0.6) is 0 Å². The maximum absolute atomic E-state index is 13.5. The first-order valence-corrected chi connectivity index (χ1v) is 10.3. The van der Waals surface area contributed by atoms with Crippen LogP contribution in [-0.2, 0) is 0 Å². The zero-order valence-corrected chi connectivity index (χ0v) is 16.9. The fourth-order valence-electron chi connectivity index (χ4n) is 4.47. The predicted octanol–water partition coefficient (Wildman–Crippen LogP) is 2.36. The molecule has 5 heterocycles. The standard InChI is InChI=1S/C22H17N9O/c23-12-15-18-19(28-27-15)24-13-25-21(18)29-10-4-8-16(29)20-26-17-9-5-11-30(17)22(32)31(20)14-6-2-1-3-7-14/h1-3,5-7,9,11,13,16H,4,8,10H2,(H,24,25,27,28). The van der Waals surface area contributed by atoms with Crippen molar-refractivity contribution >= 4 is 22.5 Å². The molecule has 1 N–H and O–H groups in total. The molecule has 6 rings (SSSR count). The average molecular weight is 423 g/mol. The molecule has 0 radical (unpaired) electrons. The number of rotatable bonds is 3. The van der Waals surface area contributed by atoms with Crippen molar-refractivity contribution in [2.45, 2.75) is 18.9 Å². The Hall–Kier alpha value is -4.52. The van der Waals surface area contributed by atoms with Crippen molar-refractivity contribution < 1.29 is 0 Å². The molecule has 0 amide bonds. The lowest BCUT2D eigenvalue weighted by molar-refractivity contribution is 0.617. The lowest BCUT2D eigenvalue weighted by Crippen LogP contribution is -2.34. The first-order chi connectivity index (χ1) is 15.8. The summed E-state index contributed by atoms with van der Waals surface area (Å²) >= 11 is 0. The smallest absolute Gasteiger partial charge is 0.339 e. The highest BCUT2D eigenvalue weighted by molar-refractivity contribution is 5.91. The number of H-pyrrole nitrogens is 1. The van der Waals surface area contributed by atoms with Gasteiger partial charge in [-0.3, -0.25) is 9.50 Å². The van der Waals surface area contributed by atoms with Gasteiger partial charge in [-0.2, -0.15) is 10.4 Å². The summed E-state index contributed by atoms with van der Waals surface area (Å²) in [6.45, 7) is 0.712. The van der Waals surface area contributed by atoms with Crippen molar-refractivity contribution in [1.82, 2.24) is 34.1 Å². The highest BCUT2D eigenvalue weighted by Gasteiger charge is 2.34. The Kier molecular flexibility index (Phi) is 4.01. The number of nitriles is 1. The third-order valence-corrected chi connectivity index (χ3v) is 5.86. The summed E-state index contributed by atoms with van der Waals surface area (Å²) in [5, 5.41) is 17.0. The molecule has 0 bridgehead atoms. The molecule has 4 aromatic heterocycles. The summed E-state index contributed by atoms with van der Waals surface area (Å²) in [4.78, 5) is 29.2. The van der Waals surface area contributed by atoms with E-state index in [2.05, 4.69) is 31.1 Å². The highest BCUT2D eigenvalue weighted by Crippen LogP contribution is 2.38. The van der Waals surface area contributed by atoms with E-state index in [1.54, 1.807) is 15.2 Å². The first-order valence-electron chi connectivity index (χ1n) is 10.3. The van der Waals surface area contributed by atoms with Gasteiger partial charge in [0.2, 0.25) is 0 Å². The lowest BCUT2D eigenvalue weighted by atomic mass is 10.1. The monoisotopic (exact) mass is 423 g/mol. The fourth-order valence-corrected chi connectivity index (χ4v) is 4.47. The molecule has 10 heteroatoms. The zero-order chi connectivity index (χ0) is 21.7. The SMILES string of the molecule is N#Cc1[nH]nc2ncnc(N3CCCC3c3nc4cccn4c(=O)n3-c3ccccc3)c12. The second-order valence-corrected chi connectivity index (χ2v) is 7.62. The van der Waals surface area contributed by atoms with Gasteiger partial charge in [0.05, 0.1) is 17.1 Å². The Balaban J connectivity index is 1.59. The van der Waals surface area contributed by atoms with E-state index in [0.29, 0.717) is 40.6 Å². The third kappa shape index (κ3) is 2.61. The molecule has 0 aliphatic carbocycles. The summed E-state index contributed by atoms with van der Waals surface area (Å²) in [6, 6.07) is 15.1. The van der Waals surface area contributed by atoms with Gasteiger partial charge in [0, 0.05) is 12.7 Å². The Morgan fingerprint density at radius 2 is 2.00 bits per heavy atom. The summed E-state index contributed by atoms with van der Waals surface area (Å²) in [6.07, 6.45) is 4.86. The van der Waals surface area contributed by atoms with E-state index in [4.69, 9.17) is 4.98 Å². The molecule has 1 aliphatic rings. The third-order valence-electron chi connectivity index (χ3n) is 5.86. The molecule has 156 valence electrons. The summed E-state index contributed by atoms with van der Waals surface area (Å²) < 4.78 is 3.21. The van der Waals surface area contributed by atoms with Gasteiger partial charge in [-0.25, -0.2) is 24.3 Å². The minimum absolute atomic E-state index is 0.179. The van der Waals surface area contributed by atoms with E-state index in [0.717, 1.165) is 18.5 Å². The number of hydrogen-bond donors (Lipinski definition) is 1. The minimum Gasteiger partial charge on any atom is -0.346 e. The molecule has 0 spiro atoms. The van der Waals surface area contributed by atoms with Crippen molar-refractivity contribution in [2.24, 2.45) is 0 Å². The number of anilines is 1. The second-order valence-electron chi connectivity index (χ2n) is 7.62. The Morgan fingerprint density at radius 1 is 1.12 bits per heavy atom. The number of aromatic nitrogens is 7. The van der Waals surface area contributed by atoms with Gasteiger partial charge < -0.3 is 4.90 Å². The summed E-state index contributed by atoms with van der Waals surface area (Å²) in [7, 11) is 0. The Morgan fingerprint density at radius 3 is 2.84 bits per heavy atom. The Bertz CT molecular complexity index is 1560. The van der Waals surface area contributed by atoms with Crippen LogP contribution < -0.4 is 10.6 Å². The Labute approximate surface area is 181 Å². The van der Waals surface area contributed by atoms with Crippen LogP contribution in [0, 0.1) is 11.3 Å². The molecule has 1 unspecified atom stereocenters. The molecular formula is C22H17N9O. The number of benzene rings is 1. The van der Waals surface area contributed by atoms with Gasteiger partial charge in [-0.15, -0.1) is 0 Å². The van der Waals surface area contributed by atoms with Crippen LogP contribution in [0.15, 0.2) is 59.8 Å². The number of nitrogens with one attached hydrogen (secondary N) is 1. The van der Waals surface area contributed by atoms with Crippen LogP contribution in [0.4, 0.5) is 5.82 Å². The summed E-state index contributed by atoms with van der Waals surface area (Å²) in [5.41, 5.74) is 1.92. The van der Waals surface area contributed by atoms with Gasteiger partial charge in [-0.1, -0.05) is 18.2 Å². The molecule has 10 nitrogen and oxygen atoms in total. The number of nitrogens with zero attached hydrogens (tertiary/aromatic N) is 8. The van der Waals surface area contributed by atoms with Crippen molar-refractivity contribution in [1.29, 1.82) is 5.26 Å². The van der Waals surface area contributed by atoms with E-state index in [-0.39, 0.29) is 11.7 Å². The van der Waals surface area contributed by atoms with Gasteiger partial charge >= 0.3 is 5.69 Å². The molecule has 1 aliphatic heterocycles. The fraction of sp³-hybridized carbons (Fsp3) is 0.182. The van der Waals surface area contributed by atoms with Crippen LogP contribution in [0.1, 0.15) is 30.4 Å². The van der Waals surface area contributed by atoms with E-state index in [9.17, 15) is 10.1 Å². The molecule has 5 aromatic rings. The molecular weight excluding hydrogens is 406 g/mol. The lowest BCUT2D eigenvalue weighted by Gasteiger charge is -2.27. The van der Waals surface area contributed by atoms with Crippen LogP contribution in [0.3, 0.4) is 0 Å². The van der Waals surface area contributed by atoms with Crippen molar-refractivity contribution in [3.63, 3.8) is 0 Å². The maximum atomic E-state index is 13.5. The first kappa shape index (κ1) is 18.3. The minimum atomic E-state index is -0.206. The van der Waals surface area contributed by atoms with Crippen LogP contribution in [-0.4, -0.2) is 40.7 Å². The number of hydrogen-bond acceptors (Lipinski definition) is 7. The van der Waals surface area contributed by atoms with Gasteiger partial charge in [0.25, 0.3) is 0 Å².